The highest BCUT2D eigenvalue weighted by molar-refractivity contribution is 4.99. The number of hydrogen-bond donors (Lipinski definition) is 1. The van der Waals surface area contributed by atoms with E-state index in [1.807, 2.05) is 6.92 Å². The molecule has 1 heteroatoms. The average molecular weight is 126 g/mol. The number of fused-ring (bicyclic) bond motifs is 1. The minimum absolute atomic E-state index is 0.289. The summed E-state index contributed by atoms with van der Waals surface area (Å²) in [5.41, 5.74) is -0.289. The molecule has 1 nitrogen and oxygen atoms in total. The molecule has 0 aliphatic heterocycles. The third-order valence-corrected chi connectivity index (χ3v) is 3.24. The maximum atomic E-state index is 9.68. The van der Waals surface area contributed by atoms with E-state index in [9.17, 15) is 5.11 Å². The van der Waals surface area contributed by atoms with Gasteiger partial charge in [-0.15, -0.1) is 0 Å². The monoisotopic (exact) mass is 126 g/mol. The molecule has 0 heterocycles. The van der Waals surface area contributed by atoms with Gasteiger partial charge in [-0.05, 0) is 44.4 Å². The molecule has 0 aromatic carbocycles. The highest BCUT2D eigenvalue weighted by Gasteiger charge is 2.48. The van der Waals surface area contributed by atoms with Crippen LogP contribution in [0.25, 0.3) is 0 Å². The predicted molar refractivity (Wildman–Crippen MR) is 36.1 cm³/mol. The zero-order valence-electron chi connectivity index (χ0n) is 5.93. The van der Waals surface area contributed by atoms with Crippen LogP contribution in [0.2, 0.25) is 0 Å². The van der Waals surface area contributed by atoms with Crippen molar-refractivity contribution in [2.45, 2.75) is 38.2 Å². The van der Waals surface area contributed by atoms with E-state index in [1.165, 1.54) is 19.3 Å². The highest BCUT2D eigenvalue weighted by Crippen LogP contribution is 2.52. The highest BCUT2D eigenvalue weighted by atomic mass is 16.3. The van der Waals surface area contributed by atoms with E-state index >= 15 is 0 Å². The fraction of sp³-hybridized carbons (Fsp3) is 1.00. The molecule has 0 saturated heterocycles. The molecule has 52 valence electrons. The van der Waals surface area contributed by atoms with Crippen LogP contribution in [0.1, 0.15) is 32.6 Å². The molecule has 0 aromatic rings. The van der Waals surface area contributed by atoms with Gasteiger partial charge in [0.05, 0.1) is 5.60 Å². The Morgan fingerprint density at radius 2 is 2.11 bits per heavy atom. The van der Waals surface area contributed by atoms with Crippen molar-refractivity contribution in [3.63, 3.8) is 0 Å². The van der Waals surface area contributed by atoms with Crippen LogP contribution in [0.5, 0.6) is 0 Å². The molecule has 0 radical (unpaired) electrons. The van der Waals surface area contributed by atoms with Gasteiger partial charge in [-0.3, -0.25) is 0 Å². The van der Waals surface area contributed by atoms with E-state index in [0.29, 0.717) is 5.92 Å². The maximum Gasteiger partial charge on any atom is 0.0650 e. The molecule has 0 aromatic heterocycles. The van der Waals surface area contributed by atoms with Crippen LogP contribution >= 0.6 is 0 Å². The molecular weight excluding hydrogens is 112 g/mol. The molecule has 9 heavy (non-hydrogen) atoms. The van der Waals surface area contributed by atoms with Crippen LogP contribution in [-0.4, -0.2) is 10.7 Å². The zero-order valence-corrected chi connectivity index (χ0v) is 5.93. The largest absolute Gasteiger partial charge is 0.390 e. The van der Waals surface area contributed by atoms with Crippen LogP contribution in [0.3, 0.4) is 0 Å². The van der Waals surface area contributed by atoms with E-state index in [1.54, 1.807) is 0 Å². The van der Waals surface area contributed by atoms with Gasteiger partial charge in [-0.2, -0.15) is 0 Å². The third kappa shape index (κ3) is 0.644. The fourth-order valence-electron chi connectivity index (χ4n) is 2.40. The van der Waals surface area contributed by atoms with Gasteiger partial charge in [0.25, 0.3) is 0 Å². The first-order valence-electron chi connectivity index (χ1n) is 3.92. The Bertz CT molecular complexity index is 129. The lowest BCUT2D eigenvalue weighted by atomic mass is 9.71. The van der Waals surface area contributed by atoms with Gasteiger partial charge in [0.1, 0.15) is 0 Å². The van der Waals surface area contributed by atoms with Crippen molar-refractivity contribution in [1.82, 2.24) is 0 Å². The lowest BCUT2D eigenvalue weighted by molar-refractivity contribution is -0.0228. The van der Waals surface area contributed by atoms with Gasteiger partial charge in [-0.1, -0.05) is 0 Å². The van der Waals surface area contributed by atoms with Gasteiger partial charge in [0.2, 0.25) is 0 Å². The van der Waals surface area contributed by atoms with Crippen LogP contribution in [0.4, 0.5) is 0 Å². The molecule has 2 aliphatic carbocycles. The van der Waals surface area contributed by atoms with Crippen molar-refractivity contribution < 1.29 is 5.11 Å². The van der Waals surface area contributed by atoms with Crippen LogP contribution in [0.15, 0.2) is 0 Å². The van der Waals surface area contributed by atoms with Crippen molar-refractivity contribution in [3.05, 3.63) is 0 Å². The van der Waals surface area contributed by atoms with Crippen molar-refractivity contribution in [2.24, 2.45) is 11.8 Å². The molecule has 0 spiro atoms. The first-order valence-corrected chi connectivity index (χ1v) is 3.92. The second-order valence-electron chi connectivity index (χ2n) is 3.84. The molecule has 3 atom stereocenters. The molecule has 0 bridgehead atoms. The average Bonchev–Trinajstić information content (AvgIpc) is 1.74. The van der Waals surface area contributed by atoms with Crippen LogP contribution < -0.4 is 0 Å². The zero-order chi connectivity index (χ0) is 6.48. The minimum Gasteiger partial charge on any atom is -0.390 e. The summed E-state index contributed by atoms with van der Waals surface area (Å²) >= 11 is 0. The lowest BCUT2D eigenvalue weighted by Gasteiger charge is -2.37. The summed E-state index contributed by atoms with van der Waals surface area (Å²) in [6, 6.07) is 0. The normalized spacial score (nSPS) is 56.7. The van der Waals surface area contributed by atoms with Gasteiger partial charge in [0.15, 0.2) is 0 Å². The first-order chi connectivity index (χ1) is 4.20. The van der Waals surface area contributed by atoms with E-state index in [4.69, 9.17) is 0 Å². The third-order valence-electron chi connectivity index (χ3n) is 3.24. The van der Waals surface area contributed by atoms with Crippen molar-refractivity contribution in [3.8, 4) is 0 Å². The Hall–Kier alpha value is -0.0400. The molecule has 2 saturated carbocycles. The van der Waals surface area contributed by atoms with Gasteiger partial charge in [0, 0.05) is 0 Å². The molecule has 2 rings (SSSR count). The summed E-state index contributed by atoms with van der Waals surface area (Å²) in [4.78, 5) is 0. The van der Waals surface area contributed by atoms with Crippen molar-refractivity contribution in [2.75, 3.05) is 0 Å². The molecule has 3 unspecified atom stereocenters. The standard InChI is InChI=1S/C8H14O/c1-8(9)5-4-6-2-3-7(6)8/h6-7,9H,2-5H2,1H3. The van der Waals surface area contributed by atoms with E-state index in [0.717, 1.165) is 12.3 Å². The summed E-state index contributed by atoms with van der Waals surface area (Å²) in [6.45, 7) is 2.00. The summed E-state index contributed by atoms with van der Waals surface area (Å²) in [7, 11) is 0. The second-order valence-corrected chi connectivity index (χ2v) is 3.84. The molecular formula is C8H14O. The summed E-state index contributed by atoms with van der Waals surface area (Å²) in [5.74, 6) is 1.55. The SMILES string of the molecule is CC1(O)CCC2CCC21. The van der Waals surface area contributed by atoms with Crippen LogP contribution in [-0.2, 0) is 0 Å². The second kappa shape index (κ2) is 1.51. The maximum absolute atomic E-state index is 9.68. The number of rotatable bonds is 0. The summed E-state index contributed by atoms with van der Waals surface area (Å²) < 4.78 is 0. The van der Waals surface area contributed by atoms with Gasteiger partial charge >= 0.3 is 0 Å². The lowest BCUT2D eigenvalue weighted by Crippen LogP contribution is -2.37. The Labute approximate surface area is 56.1 Å². The number of aliphatic hydroxyl groups is 1. The van der Waals surface area contributed by atoms with E-state index < -0.39 is 0 Å². The van der Waals surface area contributed by atoms with Crippen molar-refractivity contribution in [1.29, 1.82) is 0 Å². The predicted octanol–water partition coefficient (Wildman–Crippen LogP) is 1.56. The molecule has 2 fully saturated rings. The quantitative estimate of drug-likeness (QED) is 0.522. The van der Waals surface area contributed by atoms with Gasteiger partial charge < -0.3 is 5.11 Å². The molecule has 2 aliphatic rings. The molecule has 0 amide bonds. The topological polar surface area (TPSA) is 20.2 Å². The Morgan fingerprint density at radius 1 is 1.33 bits per heavy atom. The van der Waals surface area contributed by atoms with Crippen LogP contribution in [0, 0.1) is 11.8 Å². The summed E-state index contributed by atoms with van der Waals surface area (Å²) in [5, 5.41) is 9.68. The fourth-order valence-corrected chi connectivity index (χ4v) is 2.40. The minimum atomic E-state index is -0.289. The first kappa shape index (κ1) is 5.72. The Kier molecular flexibility index (Phi) is 0.963. The smallest absolute Gasteiger partial charge is 0.0650 e. The van der Waals surface area contributed by atoms with E-state index in [-0.39, 0.29) is 5.60 Å². The Morgan fingerprint density at radius 3 is 2.33 bits per heavy atom. The summed E-state index contributed by atoms with van der Waals surface area (Å²) in [6.07, 6.45) is 4.97. The molecule has 1 N–H and O–H groups in total. The number of hydrogen-bond acceptors (Lipinski definition) is 1. The Balaban J connectivity index is 2.14. The van der Waals surface area contributed by atoms with E-state index in [2.05, 4.69) is 0 Å². The van der Waals surface area contributed by atoms with Crippen molar-refractivity contribution >= 4 is 0 Å². The van der Waals surface area contributed by atoms with Gasteiger partial charge in [-0.25, -0.2) is 0 Å².